The first-order valence-corrected chi connectivity index (χ1v) is 10.2. The Bertz CT molecular complexity index is 914. The van der Waals surface area contributed by atoms with E-state index < -0.39 is 0 Å². The third kappa shape index (κ3) is 5.27. The number of anilines is 1. The summed E-state index contributed by atoms with van der Waals surface area (Å²) in [5.41, 5.74) is 0.319. The number of carbonyl (C=O) groups is 1. The van der Waals surface area contributed by atoms with Gasteiger partial charge in [-0.3, -0.25) is 9.69 Å². The van der Waals surface area contributed by atoms with Crippen molar-refractivity contribution in [3.05, 3.63) is 54.3 Å². The molecule has 28 heavy (non-hydrogen) atoms. The molecule has 7 heteroatoms. The standard InChI is InChI=1S/C21H24FN3O2S/c1-24(2)13-7-14-25(19(26)12-15-27-16-8-4-3-5-9-16)21-23-20-17(22)10-6-11-18(20)28-21/h3-6,8-11H,7,12-15H2,1-2H3/p+1. The van der Waals surface area contributed by atoms with Crippen LogP contribution in [0.25, 0.3) is 10.2 Å². The SMILES string of the molecule is C[NH+](C)CCCN(C(=O)CCOc1ccccc1)c1nc2c(F)cccc2s1. The maximum absolute atomic E-state index is 14.0. The van der Waals surface area contributed by atoms with Crippen LogP contribution in [0.15, 0.2) is 48.5 Å². The lowest BCUT2D eigenvalue weighted by Gasteiger charge is -2.20. The molecule has 0 bridgehead atoms. The molecular formula is C21H25FN3O2S+. The molecule has 0 saturated carbocycles. The van der Waals surface area contributed by atoms with Gasteiger partial charge in [0.2, 0.25) is 5.91 Å². The number of hydrogen-bond donors (Lipinski definition) is 1. The number of benzene rings is 2. The molecule has 3 rings (SSSR count). The van der Waals surface area contributed by atoms with Crippen molar-refractivity contribution in [2.24, 2.45) is 0 Å². The number of rotatable bonds is 9. The maximum atomic E-state index is 14.0. The van der Waals surface area contributed by atoms with Crippen LogP contribution in [-0.2, 0) is 4.79 Å². The van der Waals surface area contributed by atoms with Gasteiger partial charge in [-0.15, -0.1) is 0 Å². The largest absolute Gasteiger partial charge is 0.493 e. The minimum absolute atomic E-state index is 0.0656. The Morgan fingerprint density at radius 3 is 2.68 bits per heavy atom. The van der Waals surface area contributed by atoms with Crippen LogP contribution in [-0.4, -0.2) is 44.7 Å². The van der Waals surface area contributed by atoms with Gasteiger partial charge in [-0.1, -0.05) is 35.6 Å². The Labute approximate surface area is 168 Å². The van der Waals surface area contributed by atoms with Gasteiger partial charge in [-0.05, 0) is 24.3 Å². The second kappa shape index (κ2) is 9.61. The van der Waals surface area contributed by atoms with Gasteiger partial charge in [0.05, 0.1) is 38.4 Å². The molecule has 0 saturated heterocycles. The second-order valence-electron chi connectivity index (χ2n) is 6.85. The lowest BCUT2D eigenvalue weighted by molar-refractivity contribution is -0.858. The molecule has 0 aliphatic heterocycles. The fraction of sp³-hybridized carbons (Fsp3) is 0.333. The summed E-state index contributed by atoms with van der Waals surface area (Å²) in [6, 6.07) is 14.3. The van der Waals surface area contributed by atoms with Crippen LogP contribution in [0, 0.1) is 5.82 Å². The smallest absolute Gasteiger partial charge is 0.232 e. The molecule has 0 fully saturated rings. The average Bonchev–Trinajstić information content (AvgIpc) is 3.11. The predicted octanol–water partition coefficient (Wildman–Crippen LogP) is 2.77. The summed E-state index contributed by atoms with van der Waals surface area (Å²) < 4.78 is 20.4. The van der Waals surface area contributed by atoms with Crippen molar-refractivity contribution in [3.8, 4) is 5.75 Å². The summed E-state index contributed by atoms with van der Waals surface area (Å²) >= 11 is 1.34. The van der Waals surface area contributed by atoms with Crippen LogP contribution < -0.4 is 14.5 Å². The normalized spacial score (nSPS) is 11.1. The number of amides is 1. The molecule has 1 heterocycles. The zero-order chi connectivity index (χ0) is 19.9. The Morgan fingerprint density at radius 1 is 1.18 bits per heavy atom. The number of nitrogens with zero attached hydrogens (tertiary/aromatic N) is 2. The predicted molar refractivity (Wildman–Crippen MR) is 111 cm³/mol. The van der Waals surface area contributed by atoms with E-state index in [-0.39, 0.29) is 24.8 Å². The zero-order valence-electron chi connectivity index (χ0n) is 16.2. The van der Waals surface area contributed by atoms with Crippen molar-refractivity contribution in [1.82, 2.24) is 4.98 Å². The number of nitrogens with one attached hydrogen (secondary N) is 1. The van der Waals surface area contributed by atoms with E-state index in [0.717, 1.165) is 23.4 Å². The minimum Gasteiger partial charge on any atom is -0.493 e. The van der Waals surface area contributed by atoms with Crippen molar-refractivity contribution < 1.29 is 18.8 Å². The highest BCUT2D eigenvalue weighted by molar-refractivity contribution is 7.22. The van der Waals surface area contributed by atoms with Gasteiger partial charge < -0.3 is 9.64 Å². The van der Waals surface area contributed by atoms with Gasteiger partial charge in [0, 0.05) is 13.0 Å². The van der Waals surface area contributed by atoms with Crippen molar-refractivity contribution >= 4 is 32.6 Å². The van der Waals surface area contributed by atoms with Crippen molar-refractivity contribution in [2.45, 2.75) is 12.8 Å². The molecular weight excluding hydrogens is 377 g/mol. The maximum Gasteiger partial charge on any atom is 0.232 e. The summed E-state index contributed by atoms with van der Waals surface area (Å²) in [7, 11) is 4.15. The Hall–Kier alpha value is -2.51. The summed E-state index contributed by atoms with van der Waals surface area (Å²) in [5, 5.41) is 0.540. The summed E-state index contributed by atoms with van der Waals surface area (Å²) in [4.78, 5) is 20.3. The average molecular weight is 403 g/mol. The highest BCUT2D eigenvalue weighted by atomic mass is 32.1. The van der Waals surface area contributed by atoms with Gasteiger partial charge >= 0.3 is 0 Å². The van der Waals surface area contributed by atoms with E-state index in [9.17, 15) is 9.18 Å². The van der Waals surface area contributed by atoms with E-state index in [1.165, 1.54) is 22.3 Å². The molecule has 2 aromatic carbocycles. The van der Waals surface area contributed by atoms with Crippen LogP contribution in [0.1, 0.15) is 12.8 Å². The van der Waals surface area contributed by atoms with Crippen molar-refractivity contribution in [1.29, 1.82) is 0 Å². The third-order valence-corrected chi connectivity index (χ3v) is 5.32. The van der Waals surface area contributed by atoms with E-state index in [2.05, 4.69) is 19.1 Å². The molecule has 0 aliphatic rings. The Kier molecular flexibility index (Phi) is 6.95. The van der Waals surface area contributed by atoms with E-state index in [1.54, 1.807) is 11.0 Å². The lowest BCUT2D eigenvalue weighted by atomic mass is 10.3. The lowest BCUT2D eigenvalue weighted by Crippen LogP contribution is -3.05. The van der Waals surface area contributed by atoms with Gasteiger partial charge in [0.15, 0.2) is 5.13 Å². The molecule has 0 spiro atoms. The molecule has 148 valence electrons. The van der Waals surface area contributed by atoms with Gasteiger partial charge in [0.25, 0.3) is 0 Å². The van der Waals surface area contributed by atoms with E-state index >= 15 is 0 Å². The number of ether oxygens (including phenoxy) is 1. The number of thiazole rings is 1. The zero-order valence-corrected chi connectivity index (χ0v) is 17.0. The second-order valence-corrected chi connectivity index (χ2v) is 7.86. The first-order chi connectivity index (χ1) is 13.5. The quantitative estimate of drug-likeness (QED) is 0.599. The molecule has 3 aromatic rings. The summed E-state index contributed by atoms with van der Waals surface area (Å²) in [6.45, 7) is 1.78. The summed E-state index contributed by atoms with van der Waals surface area (Å²) in [6.07, 6.45) is 1.08. The molecule has 0 unspecified atom stereocenters. The van der Waals surface area contributed by atoms with Gasteiger partial charge in [-0.25, -0.2) is 9.37 Å². The van der Waals surface area contributed by atoms with Crippen LogP contribution >= 0.6 is 11.3 Å². The monoisotopic (exact) mass is 402 g/mol. The number of carbonyl (C=O) groups excluding carboxylic acids is 1. The third-order valence-electron chi connectivity index (χ3n) is 4.28. The van der Waals surface area contributed by atoms with E-state index in [1.807, 2.05) is 36.4 Å². The van der Waals surface area contributed by atoms with Crippen LogP contribution in [0.2, 0.25) is 0 Å². The van der Waals surface area contributed by atoms with E-state index in [4.69, 9.17) is 4.74 Å². The van der Waals surface area contributed by atoms with Gasteiger partial charge in [-0.2, -0.15) is 0 Å². The number of aromatic nitrogens is 1. The van der Waals surface area contributed by atoms with Crippen molar-refractivity contribution in [2.75, 3.05) is 38.7 Å². The number of fused-ring (bicyclic) bond motifs is 1. The Balaban J connectivity index is 1.71. The molecule has 0 radical (unpaired) electrons. The molecule has 0 aliphatic carbocycles. The minimum atomic E-state index is -0.363. The molecule has 1 aromatic heterocycles. The fourth-order valence-electron chi connectivity index (χ4n) is 2.84. The number of quaternary nitrogens is 1. The summed E-state index contributed by atoms with van der Waals surface area (Å²) in [5.74, 6) is 0.307. The van der Waals surface area contributed by atoms with E-state index in [0.29, 0.717) is 17.2 Å². The number of para-hydroxylation sites is 2. The molecule has 1 amide bonds. The fourth-order valence-corrected chi connectivity index (χ4v) is 3.87. The van der Waals surface area contributed by atoms with Gasteiger partial charge in [0.1, 0.15) is 17.1 Å². The number of halogens is 1. The molecule has 5 nitrogen and oxygen atoms in total. The van der Waals surface area contributed by atoms with Crippen LogP contribution in [0.3, 0.4) is 0 Å². The topological polar surface area (TPSA) is 46.9 Å². The first kappa shape index (κ1) is 20.2. The van der Waals surface area contributed by atoms with Crippen molar-refractivity contribution in [3.63, 3.8) is 0 Å². The van der Waals surface area contributed by atoms with Crippen LogP contribution in [0.5, 0.6) is 5.75 Å². The van der Waals surface area contributed by atoms with Crippen LogP contribution in [0.4, 0.5) is 9.52 Å². The molecule has 1 N–H and O–H groups in total. The first-order valence-electron chi connectivity index (χ1n) is 9.37. The highest BCUT2D eigenvalue weighted by Crippen LogP contribution is 2.30. The molecule has 0 atom stereocenters. The Morgan fingerprint density at radius 2 is 1.96 bits per heavy atom. The highest BCUT2D eigenvalue weighted by Gasteiger charge is 2.21. The number of hydrogen-bond acceptors (Lipinski definition) is 4.